The number of aryl methyl sites for hydroxylation is 1. The maximum atomic E-state index is 12.9. The standard InChI is InChI=1S/C20H26ClN5O3S/c1-2-3-5-9-25-17-16(23-19(21)24-17)18(28)26(20(25)29)10-6-4-7-15(27)22-12-14-8-11-30-13-14/h8,11,13H,2-7,9-10,12H2,1H3,(H,22,27)(H,23,24). The molecule has 0 atom stereocenters. The fourth-order valence-electron chi connectivity index (χ4n) is 3.29. The van der Waals surface area contributed by atoms with Crippen LogP contribution in [0.15, 0.2) is 26.4 Å². The van der Waals surface area contributed by atoms with Gasteiger partial charge in [-0.15, -0.1) is 0 Å². The van der Waals surface area contributed by atoms with Crippen LogP contribution in [0.3, 0.4) is 0 Å². The van der Waals surface area contributed by atoms with Crippen LogP contribution in [0, 0.1) is 0 Å². The zero-order valence-electron chi connectivity index (χ0n) is 16.9. The quantitative estimate of drug-likeness (QED) is 0.345. The topological polar surface area (TPSA) is 102 Å². The van der Waals surface area contributed by atoms with E-state index < -0.39 is 5.56 Å². The molecule has 3 aromatic heterocycles. The van der Waals surface area contributed by atoms with E-state index in [9.17, 15) is 14.4 Å². The lowest BCUT2D eigenvalue weighted by Crippen LogP contribution is -2.40. The van der Waals surface area contributed by atoms with Crippen LogP contribution in [0.25, 0.3) is 11.2 Å². The second-order valence-corrected chi connectivity index (χ2v) is 8.33. The third kappa shape index (κ3) is 5.40. The second kappa shape index (κ2) is 10.6. The molecule has 0 bridgehead atoms. The molecule has 0 unspecified atom stereocenters. The highest BCUT2D eigenvalue weighted by molar-refractivity contribution is 7.07. The fraction of sp³-hybridized carbons (Fsp3) is 0.500. The Morgan fingerprint density at radius 3 is 2.70 bits per heavy atom. The number of hydrogen-bond acceptors (Lipinski definition) is 5. The molecule has 1 amide bonds. The Balaban J connectivity index is 1.64. The van der Waals surface area contributed by atoms with Crippen LogP contribution >= 0.6 is 22.9 Å². The van der Waals surface area contributed by atoms with E-state index in [-0.39, 0.29) is 28.9 Å². The minimum Gasteiger partial charge on any atom is -0.352 e. The van der Waals surface area contributed by atoms with Crippen molar-refractivity contribution in [2.45, 2.75) is 65.1 Å². The van der Waals surface area contributed by atoms with Crippen LogP contribution in [0.2, 0.25) is 5.28 Å². The van der Waals surface area contributed by atoms with Gasteiger partial charge in [-0.3, -0.25) is 18.7 Å². The second-order valence-electron chi connectivity index (χ2n) is 7.19. The first kappa shape index (κ1) is 22.3. The Kier molecular flexibility index (Phi) is 7.87. The maximum absolute atomic E-state index is 12.9. The summed E-state index contributed by atoms with van der Waals surface area (Å²) in [6, 6.07) is 1.97. The molecule has 0 radical (unpaired) electrons. The zero-order chi connectivity index (χ0) is 21.5. The van der Waals surface area contributed by atoms with Crippen molar-refractivity contribution in [3.8, 4) is 0 Å². The molecule has 162 valence electrons. The minimum absolute atomic E-state index is 0.0404. The van der Waals surface area contributed by atoms with E-state index in [0.29, 0.717) is 38.0 Å². The number of amides is 1. The lowest BCUT2D eigenvalue weighted by Gasteiger charge is -2.11. The van der Waals surface area contributed by atoms with Gasteiger partial charge >= 0.3 is 5.69 Å². The van der Waals surface area contributed by atoms with Crippen molar-refractivity contribution >= 4 is 40.0 Å². The van der Waals surface area contributed by atoms with Gasteiger partial charge in [0.1, 0.15) is 0 Å². The summed E-state index contributed by atoms with van der Waals surface area (Å²) in [6.07, 6.45) is 4.29. The summed E-state index contributed by atoms with van der Waals surface area (Å²) in [7, 11) is 0. The molecule has 3 aromatic rings. The van der Waals surface area contributed by atoms with E-state index in [1.54, 1.807) is 11.3 Å². The SMILES string of the molecule is CCCCCn1c(=O)n(CCCCC(=O)NCc2ccsc2)c(=O)c2[nH]c(Cl)nc21. The number of carbonyl (C=O) groups is 1. The number of rotatable bonds is 11. The van der Waals surface area contributed by atoms with Gasteiger partial charge in [-0.05, 0) is 53.3 Å². The van der Waals surface area contributed by atoms with Crippen LogP contribution in [0.4, 0.5) is 0 Å². The predicted molar refractivity (Wildman–Crippen MR) is 119 cm³/mol. The summed E-state index contributed by atoms with van der Waals surface area (Å²) in [5.74, 6) is -0.0404. The first-order valence-corrected chi connectivity index (χ1v) is 11.5. The maximum Gasteiger partial charge on any atom is 0.332 e. The van der Waals surface area contributed by atoms with Crippen molar-refractivity contribution in [3.63, 3.8) is 0 Å². The summed E-state index contributed by atoms with van der Waals surface area (Å²) in [5.41, 5.74) is 0.812. The molecule has 0 saturated carbocycles. The van der Waals surface area contributed by atoms with Gasteiger partial charge in [-0.25, -0.2) is 4.79 Å². The van der Waals surface area contributed by atoms with Crippen LogP contribution in [-0.4, -0.2) is 25.0 Å². The Hall–Kier alpha value is -2.39. The van der Waals surface area contributed by atoms with E-state index in [1.165, 1.54) is 9.13 Å². The molecule has 0 saturated heterocycles. The van der Waals surface area contributed by atoms with Crippen LogP contribution in [0.1, 0.15) is 51.0 Å². The van der Waals surface area contributed by atoms with Crippen LogP contribution in [-0.2, 0) is 24.4 Å². The highest BCUT2D eigenvalue weighted by Gasteiger charge is 2.16. The number of carbonyl (C=O) groups excluding carboxylic acids is 1. The normalized spacial score (nSPS) is 11.3. The third-order valence-electron chi connectivity index (χ3n) is 4.92. The predicted octanol–water partition coefficient (Wildman–Crippen LogP) is 3.28. The third-order valence-corrected chi connectivity index (χ3v) is 5.83. The van der Waals surface area contributed by atoms with E-state index in [0.717, 1.165) is 24.8 Å². The van der Waals surface area contributed by atoms with Gasteiger partial charge in [0.25, 0.3) is 5.56 Å². The van der Waals surface area contributed by atoms with Crippen molar-refractivity contribution in [2.75, 3.05) is 0 Å². The monoisotopic (exact) mass is 451 g/mol. The summed E-state index contributed by atoms with van der Waals surface area (Å²) >= 11 is 7.54. The lowest BCUT2D eigenvalue weighted by atomic mass is 10.2. The minimum atomic E-state index is -0.428. The molecule has 3 heterocycles. The van der Waals surface area contributed by atoms with Crippen molar-refractivity contribution in [3.05, 3.63) is 48.5 Å². The molecule has 0 aliphatic carbocycles. The van der Waals surface area contributed by atoms with Crippen molar-refractivity contribution in [2.24, 2.45) is 0 Å². The Morgan fingerprint density at radius 1 is 1.20 bits per heavy atom. The van der Waals surface area contributed by atoms with Gasteiger partial charge in [0.05, 0.1) is 0 Å². The average Bonchev–Trinajstić information content (AvgIpc) is 3.38. The molecule has 2 N–H and O–H groups in total. The number of halogens is 1. The van der Waals surface area contributed by atoms with E-state index in [4.69, 9.17) is 11.6 Å². The van der Waals surface area contributed by atoms with Crippen LogP contribution < -0.4 is 16.6 Å². The highest BCUT2D eigenvalue weighted by atomic mass is 35.5. The Morgan fingerprint density at radius 2 is 1.97 bits per heavy atom. The summed E-state index contributed by atoms with van der Waals surface area (Å²) in [6.45, 7) is 3.33. The number of fused-ring (bicyclic) bond motifs is 1. The van der Waals surface area contributed by atoms with E-state index >= 15 is 0 Å². The number of nitrogens with one attached hydrogen (secondary N) is 2. The Labute approximate surface area is 182 Å². The molecule has 0 aliphatic rings. The lowest BCUT2D eigenvalue weighted by molar-refractivity contribution is -0.121. The molecule has 0 aliphatic heterocycles. The molecule has 8 nitrogen and oxygen atoms in total. The molecule has 0 aromatic carbocycles. The molecule has 0 spiro atoms. The zero-order valence-corrected chi connectivity index (χ0v) is 18.5. The highest BCUT2D eigenvalue weighted by Crippen LogP contribution is 2.11. The van der Waals surface area contributed by atoms with Gasteiger partial charge in [-0.2, -0.15) is 16.3 Å². The molecule has 30 heavy (non-hydrogen) atoms. The average molecular weight is 452 g/mol. The first-order valence-electron chi connectivity index (χ1n) is 10.2. The first-order chi connectivity index (χ1) is 14.5. The number of unbranched alkanes of at least 4 members (excludes halogenated alkanes) is 3. The number of aromatic amines is 1. The van der Waals surface area contributed by atoms with Gasteiger partial charge in [0, 0.05) is 26.1 Å². The van der Waals surface area contributed by atoms with Crippen molar-refractivity contribution in [1.82, 2.24) is 24.4 Å². The van der Waals surface area contributed by atoms with Crippen molar-refractivity contribution < 1.29 is 4.79 Å². The number of thiophene rings is 1. The van der Waals surface area contributed by atoms with Crippen molar-refractivity contribution in [1.29, 1.82) is 0 Å². The Bertz CT molecular complexity index is 1100. The molecule has 3 rings (SSSR count). The van der Waals surface area contributed by atoms with Gasteiger partial charge < -0.3 is 10.3 Å². The van der Waals surface area contributed by atoms with Crippen LogP contribution in [0.5, 0.6) is 0 Å². The molecular weight excluding hydrogens is 426 g/mol. The molecular formula is C20H26ClN5O3S. The number of H-pyrrole nitrogens is 1. The number of hydrogen-bond donors (Lipinski definition) is 2. The van der Waals surface area contributed by atoms with Gasteiger partial charge in [0.2, 0.25) is 11.2 Å². The largest absolute Gasteiger partial charge is 0.352 e. The summed E-state index contributed by atoms with van der Waals surface area (Å²) in [5, 5.41) is 6.93. The van der Waals surface area contributed by atoms with Gasteiger partial charge in [0.15, 0.2) is 11.2 Å². The smallest absolute Gasteiger partial charge is 0.332 e. The number of imidazole rings is 1. The summed E-state index contributed by atoms with van der Waals surface area (Å²) in [4.78, 5) is 44.5. The molecule has 10 heteroatoms. The number of aromatic nitrogens is 4. The van der Waals surface area contributed by atoms with E-state index in [1.807, 2.05) is 16.8 Å². The fourth-order valence-corrected chi connectivity index (χ4v) is 4.14. The summed E-state index contributed by atoms with van der Waals surface area (Å²) < 4.78 is 2.73. The van der Waals surface area contributed by atoms with Gasteiger partial charge in [-0.1, -0.05) is 19.8 Å². The molecule has 0 fully saturated rings. The number of nitrogens with zero attached hydrogens (tertiary/aromatic N) is 3. The van der Waals surface area contributed by atoms with E-state index in [2.05, 4.69) is 22.2 Å².